The zero-order valence-corrected chi connectivity index (χ0v) is 21.8. The number of carbonyl (C=O) groups is 3. The number of hydrogen-bond acceptors (Lipinski definition) is 6. The summed E-state index contributed by atoms with van der Waals surface area (Å²) in [5.74, 6) is 1.44. The summed E-state index contributed by atoms with van der Waals surface area (Å²) in [6, 6.07) is -1.00. The van der Waals surface area contributed by atoms with E-state index in [-0.39, 0.29) is 24.5 Å². The number of amides is 3. The standard InChI is InChI=1S/C24H44N4O4S/c1-6-32-23(31)27-20(24(4,5)33-15-16(2)3)22(30)28-13-7-8-19(28)21(29)26-14-17-9-11-18(25)12-10-17/h16-20H,6-15,25H2,1-5H3,(H,26,29)(H,27,31)/t17-,18-,19-,20-/m0/s1. The second kappa shape index (κ2) is 12.8. The Morgan fingerprint density at radius 2 is 1.82 bits per heavy atom. The number of rotatable bonds is 10. The van der Waals surface area contributed by atoms with Crippen molar-refractivity contribution in [2.45, 2.75) is 96.0 Å². The highest BCUT2D eigenvalue weighted by Crippen LogP contribution is 2.32. The average molecular weight is 485 g/mol. The predicted molar refractivity (Wildman–Crippen MR) is 133 cm³/mol. The van der Waals surface area contributed by atoms with E-state index in [4.69, 9.17) is 10.5 Å². The summed E-state index contributed by atoms with van der Waals surface area (Å²) in [6.45, 7) is 11.3. The summed E-state index contributed by atoms with van der Waals surface area (Å²) in [5.41, 5.74) is 5.99. The van der Waals surface area contributed by atoms with Gasteiger partial charge in [-0.3, -0.25) is 9.59 Å². The minimum absolute atomic E-state index is 0.0988. The van der Waals surface area contributed by atoms with E-state index in [0.717, 1.165) is 37.9 Å². The fourth-order valence-electron chi connectivity index (χ4n) is 4.51. The number of hydrogen-bond donors (Lipinski definition) is 3. The molecule has 1 aliphatic carbocycles. The van der Waals surface area contributed by atoms with E-state index < -0.39 is 22.9 Å². The largest absolute Gasteiger partial charge is 0.450 e. The maximum Gasteiger partial charge on any atom is 0.407 e. The number of ether oxygens (including phenoxy) is 1. The van der Waals surface area contributed by atoms with Crippen molar-refractivity contribution in [1.82, 2.24) is 15.5 Å². The van der Waals surface area contributed by atoms with E-state index in [2.05, 4.69) is 24.5 Å². The van der Waals surface area contributed by atoms with Crippen LogP contribution in [0.5, 0.6) is 0 Å². The molecule has 0 unspecified atom stereocenters. The lowest BCUT2D eigenvalue weighted by Gasteiger charge is -2.37. The smallest absolute Gasteiger partial charge is 0.407 e. The third-order valence-corrected chi connectivity index (χ3v) is 8.38. The summed E-state index contributed by atoms with van der Waals surface area (Å²) in [4.78, 5) is 40.6. The zero-order valence-electron chi connectivity index (χ0n) is 21.0. The normalized spacial score (nSPS) is 24.5. The molecule has 190 valence electrons. The number of carbonyl (C=O) groups excluding carboxylic acids is 3. The Labute approximate surface area is 203 Å². The van der Waals surface area contributed by atoms with Crippen molar-refractivity contribution in [1.29, 1.82) is 0 Å². The molecule has 4 N–H and O–H groups in total. The number of nitrogens with one attached hydrogen (secondary N) is 2. The van der Waals surface area contributed by atoms with E-state index in [1.807, 2.05) is 13.8 Å². The number of likely N-dealkylation sites (tertiary alicyclic amines) is 1. The van der Waals surface area contributed by atoms with Crippen LogP contribution in [-0.2, 0) is 14.3 Å². The molecule has 2 aliphatic rings. The van der Waals surface area contributed by atoms with E-state index in [9.17, 15) is 14.4 Å². The van der Waals surface area contributed by atoms with Crippen molar-refractivity contribution in [3.8, 4) is 0 Å². The Morgan fingerprint density at radius 1 is 1.15 bits per heavy atom. The van der Waals surface area contributed by atoms with Gasteiger partial charge in [0.1, 0.15) is 12.1 Å². The van der Waals surface area contributed by atoms with Crippen molar-refractivity contribution >= 4 is 29.7 Å². The Kier molecular flexibility index (Phi) is 10.8. The third kappa shape index (κ3) is 8.35. The number of nitrogens with zero attached hydrogens (tertiary/aromatic N) is 1. The second-order valence-electron chi connectivity index (χ2n) is 10.3. The van der Waals surface area contributed by atoms with Gasteiger partial charge in [0, 0.05) is 23.9 Å². The van der Waals surface area contributed by atoms with Crippen LogP contribution in [0.25, 0.3) is 0 Å². The first-order chi connectivity index (χ1) is 15.5. The van der Waals surface area contributed by atoms with Gasteiger partial charge in [0.05, 0.1) is 6.61 Å². The van der Waals surface area contributed by atoms with Crippen LogP contribution in [-0.4, -0.2) is 71.1 Å². The summed E-state index contributed by atoms with van der Waals surface area (Å²) >= 11 is 1.65. The predicted octanol–water partition coefficient (Wildman–Crippen LogP) is 2.89. The van der Waals surface area contributed by atoms with E-state index >= 15 is 0 Å². The molecule has 0 spiro atoms. The molecular formula is C24H44N4O4S. The Bertz CT molecular complexity index is 665. The molecule has 2 atom stereocenters. The van der Waals surface area contributed by atoms with Gasteiger partial charge >= 0.3 is 6.09 Å². The van der Waals surface area contributed by atoms with Gasteiger partial charge < -0.3 is 26.0 Å². The maximum absolute atomic E-state index is 13.7. The molecule has 9 heteroatoms. The molecule has 2 rings (SSSR count). The molecule has 1 aliphatic heterocycles. The molecule has 1 saturated heterocycles. The molecule has 1 saturated carbocycles. The van der Waals surface area contributed by atoms with Crippen molar-refractivity contribution < 1.29 is 19.1 Å². The monoisotopic (exact) mass is 484 g/mol. The molecule has 0 radical (unpaired) electrons. The summed E-state index contributed by atoms with van der Waals surface area (Å²) in [6.07, 6.45) is 4.86. The summed E-state index contributed by atoms with van der Waals surface area (Å²) in [5, 5.41) is 5.87. The molecule has 0 aromatic carbocycles. The molecule has 2 fully saturated rings. The van der Waals surface area contributed by atoms with Crippen LogP contribution in [0.15, 0.2) is 0 Å². The van der Waals surface area contributed by atoms with Gasteiger partial charge in [-0.2, -0.15) is 11.8 Å². The molecule has 8 nitrogen and oxygen atoms in total. The molecule has 0 aromatic heterocycles. The van der Waals surface area contributed by atoms with Gasteiger partial charge in [0.15, 0.2) is 0 Å². The lowest BCUT2D eigenvalue weighted by molar-refractivity contribution is -0.140. The SMILES string of the molecule is CCOC(=O)N[C@@H](C(=O)N1CCC[C@H]1C(=O)NC[C@H]1CC[C@H](N)CC1)C(C)(C)SCC(C)C. The van der Waals surface area contributed by atoms with Gasteiger partial charge in [-0.05, 0) is 76.9 Å². The summed E-state index contributed by atoms with van der Waals surface area (Å²) in [7, 11) is 0. The first-order valence-electron chi connectivity index (χ1n) is 12.5. The van der Waals surface area contributed by atoms with Crippen molar-refractivity contribution in [2.24, 2.45) is 17.6 Å². The minimum atomic E-state index is -0.784. The van der Waals surface area contributed by atoms with Crippen molar-refractivity contribution in [2.75, 3.05) is 25.4 Å². The van der Waals surface area contributed by atoms with E-state index in [1.54, 1.807) is 23.6 Å². The van der Waals surface area contributed by atoms with Gasteiger partial charge in [-0.25, -0.2) is 4.79 Å². The third-order valence-electron chi connectivity index (χ3n) is 6.56. The maximum atomic E-state index is 13.7. The molecule has 3 amide bonds. The zero-order chi connectivity index (χ0) is 24.6. The Balaban J connectivity index is 2.07. The van der Waals surface area contributed by atoms with Gasteiger partial charge in [0.2, 0.25) is 11.8 Å². The van der Waals surface area contributed by atoms with Crippen LogP contribution in [0, 0.1) is 11.8 Å². The van der Waals surface area contributed by atoms with Gasteiger partial charge in [-0.1, -0.05) is 13.8 Å². The fourth-order valence-corrected chi connectivity index (χ4v) is 5.60. The lowest BCUT2D eigenvalue weighted by atomic mass is 9.86. The van der Waals surface area contributed by atoms with E-state index in [0.29, 0.717) is 31.3 Å². The second-order valence-corrected chi connectivity index (χ2v) is 12.0. The van der Waals surface area contributed by atoms with Crippen LogP contribution < -0.4 is 16.4 Å². The Morgan fingerprint density at radius 3 is 2.42 bits per heavy atom. The van der Waals surface area contributed by atoms with Gasteiger partial charge in [-0.15, -0.1) is 0 Å². The molecule has 33 heavy (non-hydrogen) atoms. The molecule has 1 heterocycles. The van der Waals surface area contributed by atoms with Crippen LogP contribution in [0.3, 0.4) is 0 Å². The average Bonchev–Trinajstić information content (AvgIpc) is 3.25. The van der Waals surface area contributed by atoms with Gasteiger partial charge in [0.25, 0.3) is 0 Å². The molecule has 0 bridgehead atoms. The topological polar surface area (TPSA) is 114 Å². The van der Waals surface area contributed by atoms with Crippen LogP contribution in [0.4, 0.5) is 4.79 Å². The molecular weight excluding hydrogens is 440 g/mol. The molecule has 0 aromatic rings. The highest BCUT2D eigenvalue weighted by Gasteiger charge is 2.44. The number of nitrogens with two attached hydrogens (primary N) is 1. The highest BCUT2D eigenvalue weighted by molar-refractivity contribution is 8.00. The summed E-state index contributed by atoms with van der Waals surface area (Å²) < 4.78 is 4.52. The van der Waals surface area contributed by atoms with Crippen LogP contribution in [0.2, 0.25) is 0 Å². The lowest BCUT2D eigenvalue weighted by Crippen LogP contribution is -2.60. The Hall–Kier alpha value is -1.48. The van der Waals surface area contributed by atoms with Crippen molar-refractivity contribution in [3.05, 3.63) is 0 Å². The fraction of sp³-hybridized carbons (Fsp3) is 0.875. The van der Waals surface area contributed by atoms with Crippen LogP contribution in [0.1, 0.15) is 73.1 Å². The minimum Gasteiger partial charge on any atom is -0.450 e. The number of alkyl carbamates (subject to hydrolysis) is 1. The van der Waals surface area contributed by atoms with Crippen molar-refractivity contribution in [3.63, 3.8) is 0 Å². The number of thioether (sulfide) groups is 1. The first-order valence-corrected chi connectivity index (χ1v) is 13.4. The quantitative estimate of drug-likeness (QED) is 0.439. The first kappa shape index (κ1) is 27.8. The van der Waals surface area contributed by atoms with E-state index in [1.165, 1.54) is 0 Å². The van der Waals surface area contributed by atoms with Crippen LogP contribution >= 0.6 is 11.8 Å². The highest BCUT2D eigenvalue weighted by atomic mass is 32.2.